The Morgan fingerprint density at radius 1 is 1.27 bits per heavy atom. The van der Waals surface area contributed by atoms with Crippen molar-refractivity contribution in [1.29, 1.82) is 0 Å². The number of nitrogens with zero attached hydrogens (tertiary/aromatic N) is 1. The first-order chi connectivity index (χ1) is 10.5. The normalized spacial score (nSPS) is 26.2. The summed E-state index contributed by atoms with van der Waals surface area (Å²) in [5, 5.41) is 3.28. The molecule has 0 saturated carbocycles. The molecule has 1 spiro atoms. The Balaban J connectivity index is 1.91. The summed E-state index contributed by atoms with van der Waals surface area (Å²) in [5.74, 6) is -0.441. The highest BCUT2D eigenvalue weighted by Crippen LogP contribution is 2.36. The Labute approximate surface area is 130 Å². The lowest BCUT2D eigenvalue weighted by Gasteiger charge is -2.49. The van der Waals surface area contributed by atoms with Gasteiger partial charge in [0.1, 0.15) is 5.82 Å². The van der Waals surface area contributed by atoms with Gasteiger partial charge in [-0.1, -0.05) is 0 Å². The van der Waals surface area contributed by atoms with Crippen molar-refractivity contribution in [3.8, 4) is 0 Å². The molecule has 0 aromatic heterocycles. The van der Waals surface area contributed by atoms with Gasteiger partial charge in [0, 0.05) is 6.54 Å². The zero-order valence-corrected chi connectivity index (χ0v) is 13.4. The van der Waals surface area contributed by atoms with Crippen LogP contribution in [-0.4, -0.2) is 50.6 Å². The van der Waals surface area contributed by atoms with Crippen molar-refractivity contribution in [2.45, 2.75) is 36.3 Å². The minimum absolute atomic E-state index is 0.131. The molecule has 0 radical (unpaired) electrons. The highest BCUT2D eigenvalue weighted by atomic mass is 32.2. The molecule has 2 aliphatic heterocycles. The molecule has 2 fully saturated rings. The second kappa shape index (κ2) is 5.88. The van der Waals surface area contributed by atoms with Gasteiger partial charge in [-0.2, -0.15) is 4.31 Å². The Morgan fingerprint density at radius 2 is 1.91 bits per heavy atom. The molecule has 3 rings (SSSR count). The van der Waals surface area contributed by atoms with E-state index in [1.807, 2.05) is 6.92 Å². The number of ether oxygens (including phenoxy) is 1. The van der Waals surface area contributed by atoms with E-state index in [0.29, 0.717) is 13.2 Å². The highest BCUT2D eigenvalue weighted by Gasteiger charge is 2.47. The van der Waals surface area contributed by atoms with E-state index < -0.39 is 21.4 Å². The van der Waals surface area contributed by atoms with Crippen LogP contribution in [0.5, 0.6) is 0 Å². The summed E-state index contributed by atoms with van der Waals surface area (Å²) in [6.45, 7) is 4.29. The Hall–Kier alpha value is -1.02. The van der Waals surface area contributed by atoms with Crippen LogP contribution in [-0.2, 0) is 14.8 Å². The molecular weight excluding hydrogens is 307 g/mol. The van der Waals surface area contributed by atoms with Crippen molar-refractivity contribution < 1.29 is 17.5 Å². The summed E-state index contributed by atoms with van der Waals surface area (Å²) in [7, 11) is -3.64. The van der Waals surface area contributed by atoms with Crippen molar-refractivity contribution >= 4 is 10.0 Å². The molecule has 2 heterocycles. The van der Waals surface area contributed by atoms with Crippen molar-refractivity contribution in [3.63, 3.8) is 0 Å². The molecule has 1 aromatic carbocycles. The summed E-state index contributed by atoms with van der Waals surface area (Å²) < 4.78 is 46.3. The van der Waals surface area contributed by atoms with Crippen LogP contribution in [0.1, 0.15) is 19.8 Å². The van der Waals surface area contributed by atoms with Gasteiger partial charge in [0.25, 0.3) is 0 Å². The Kier molecular flexibility index (Phi) is 4.24. The molecule has 1 aromatic rings. The molecule has 1 unspecified atom stereocenters. The highest BCUT2D eigenvalue weighted by molar-refractivity contribution is 7.89. The van der Waals surface area contributed by atoms with Crippen LogP contribution >= 0.6 is 0 Å². The molecule has 1 N–H and O–H groups in total. The van der Waals surface area contributed by atoms with E-state index in [9.17, 15) is 12.8 Å². The van der Waals surface area contributed by atoms with E-state index >= 15 is 0 Å². The van der Waals surface area contributed by atoms with Crippen LogP contribution in [0.25, 0.3) is 0 Å². The van der Waals surface area contributed by atoms with Crippen LogP contribution < -0.4 is 5.32 Å². The molecule has 7 heteroatoms. The van der Waals surface area contributed by atoms with Crippen LogP contribution in [0.3, 0.4) is 0 Å². The van der Waals surface area contributed by atoms with Gasteiger partial charge in [0.05, 0.1) is 23.1 Å². The SMILES string of the molecule is CC1N(S(=O)(=O)c2ccc(F)cc2)CCOC12CCNCC2. The molecule has 0 aliphatic carbocycles. The number of sulfonamides is 1. The first-order valence-corrected chi connectivity index (χ1v) is 9.02. The zero-order chi connectivity index (χ0) is 15.8. The fraction of sp³-hybridized carbons (Fsp3) is 0.600. The summed E-state index contributed by atoms with van der Waals surface area (Å²) in [5.41, 5.74) is -0.420. The smallest absolute Gasteiger partial charge is 0.243 e. The quantitative estimate of drug-likeness (QED) is 0.890. The molecule has 5 nitrogen and oxygen atoms in total. The molecule has 122 valence electrons. The number of rotatable bonds is 2. The van der Waals surface area contributed by atoms with Crippen molar-refractivity contribution in [1.82, 2.24) is 9.62 Å². The monoisotopic (exact) mass is 328 g/mol. The maximum Gasteiger partial charge on any atom is 0.243 e. The van der Waals surface area contributed by atoms with Crippen LogP contribution in [0.15, 0.2) is 29.2 Å². The van der Waals surface area contributed by atoms with Gasteiger partial charge in [-0.05, 0) is 57.1 Å². The van der Waals surface area contributed by atoms with Crippen LogP contribution in [0.4, 0.5) is 4.39 Å². The third kappa shape index (κ3) is 2.67. The van der Waals surface area contributed by atoms with E-state index in [2.05, 4.69) is 5.32 Å². The van der Waals surface area contributed by atoms with Gasteiger partial charge in [-0.15, -0.1) is 0 Å². The van der Waals surface area contributed by atoms with Gasteiger partial charge in [-0.3, -0.25) is 0 Å². The van der Waals surface area contributed by atoms with Crippen molar-refractivity contribution in [2.24, 2.45) is 0 Å². The average Bonchev–Trinajstić information content (AvgIpc) is 2.51. The van der Waals surface area contributed by atoms with E-state index in [-0.39, 0.29) is 10.9 Å². The van der Waals surface area contributed by atoms with Gasteiger partial charge in [-0.25, -0.2) is 12.8 Å². The van der Waals surface area contributed by atoms with E-state index in [1.54, 1.807) is 0 Å². The Morgan fingerprint density at radius 3 is 2.55 bits per heavy atom. The first kappa shape index (κ1) is 15.9. The van der Waals surface area contributed by atoms with Crippen LogP contribution in [0, 0.1) is 5.82 Å². The molecule has 2 saturated heterocycles. The molecule has 0 amide bonds. The average molecular weight is 328 g/mol. The lowest BCUT2D eigenvalue weighted by atomic mass is 9.84. The predicted octanol–water partition coefficient (Wildman–Crippen LogP) is 1.36. The number of benzene rings is 1. The van der Waals surface area contributed by atoms with Crippen molar-refractivity contribution in [2.75, 3.05) is 26.2 Å². The predicted molar refractivity (Wildman–Crippen MR) is 80.5 cm³/mol. The van der Waals surface area contributed by atoms with E-state index in [0.717, 1.165) is 25.9 Å². The van der Waals surface area contributed by atoms with Gasteiger partial charge < -0.3 is 10.1 Å². The Bertz CT molecular complexity index is 621. The topological polar surface area (TPSA) is 58.6 Å². The van der Waals surface area contributed by atoms with Crippen LogP contribution in [0.2, 0.25) is 0 Å². The minimum Gasteiger partial charge on any atom is -0.372 e. The van der Waals surface area contributed by atoms with Gasteiger partial charge >= 0.3 is 0 Å². The molecule has 22 heavy (non-hydrogen) atoms. The zero-order valence-electron chi connectivity index (χ0n) is 12.6. The first-order valence-electron chi connectivity index (χ1n) is 7.58. The van der Waals surface area contributed by atoms with Crippen molar-refractivity contribution in [3.05, 3.63) is 30.1 Å². The maximum atomic E-state index is 13.0. The number of morpholine rings is 1. The molecule has 1 atom stereocenters. The summed E-state index contributed by atoms with van der Waals surface area (Å²) in [6, 6.07) is 4.76. The number of hydrogen-bond acceptors (Lipinski definition) is 4. The molecule has 0 bridgehead atoms. The molecular formula is C15H21FN2O3S. The lowest BCUT2D eigenvalue weighted by molar-refractivity contribution is -0.135. The van der Waals surface area contributed by atoms with E-state index in [1.165, 1.54) is 28.6 Å². The van der Waals surface area contributed by atoms with Gasteiger partial charge in [0.15, 0.2) is 0 Å². The third-order valence-electron chi connectivity index (χ3n) is 4.76. The second-order valence-electron chi connectivity index (χ2n) is 5.91. The summed E-state index contributed by atoms with van der Waals surface area (Å²) in [4.78, 5) is 0.131. The summed E-state index contributed by atoms with van der Waals surface area (Å²) in [6.07, 6.45) is 1.59. The third-order valence-corrected chi connectivity index (χ3v) is 6.75. The summed E-state index contributed by atoms with van der Waals surface area (Å²) >= 11 is 0. The number of halogens is 1. The molecule has 2 aliphatic rings. The lowest BCUT2D eigenvalue weighted by Crippen LogP contribution is -2.62. The minimum atomic E-state index is -3.64. The number of nitrogens with one attached hydrogen (secondary N) is 1. The fourth-order valence-electron chi connectivity index (χ4n) is 3.40. The number of hydrogen-bond donors (Lipinski definition) is 1. The van der Waals surface area contributed by atoms with E-state index in [4.69, 9.17) is 4.74 Å². The largest absolute Gasteiger partial charge is 0.372 e. The number of piperidine rings is 1. The fourth-order valence-corrected chi connectivity index (χ4v) is 5.07. The maximum absolute atomic E-state index is 13.0. The standard InChI is InChI=1S/C15H21FN2O3S/c1-12-15(6-8-17-9-7-15)21-11-10-18(12)22(19,20)14-4-2-13(16)3-5-14/h2-5,12,17H,6-11H2,1H3. The second-order valence-corrected chi connectivity index (χ2v) is 7.80. The van der Waals surface area contributed by atoms with Gasteiger partial charge in [0.2, 0.25) is 10.0 Å².